The van der Waals surface area contributed by atoms with Crippen LogP contribution in [0, 0.1) is 29.0 Å². The fourth-order valence-electron chi connectivity index (χ4n) is 4.76. The lowest BCUT2D eigenvalue weighted by atomic mass is 9.69. The molecule has 3 rings (SSSR count). The normalized spacial score (nSPS) is 27.4. The van der Waals surface area contributed by atoms with Gasteiger partial charge in [-0.3, -0.25) is 4.79 Å². The van der Waals surface area contributed by atoms with Crippen molar-refractivity contribution in [2.24, 2.45) is 23.2 Å². The average Bonchev–Trinajstić information content (AvgIpc) is 2.93. The summed E-state index contributed by atoms with van der Waals surface area (Å²) >= 11 is 0. The summed E-state index contributed by atoms with van der Waals surface area (Å²) in [5.74, 6) is 2.07. The van der Waals surface area contributed by atoms with Crippen LogP contribution in [0.15, 0.2) is 18.2 Å². The first kappa shape index (κ1) is 22.2. The van der Waals surface area contributed by atoms with Crippen molar-refractivity contribution in [3.63, 3.8) is 0 Å². The Morgan fingerprint density at radius 2 is 1.93 bits per heavy atom. The van der Waals surface area contributed by atoms with Crippen molar-refractivity contribution in [1.29, 1.82) is 0 Å². The second-order valence-corrected chi connectivity index (χ2v) is 9.53. The van der Waals surface area contributed by atoms with Gasteiger partial charge in [0.05, 0.1) is 5.41 Å². The van der Waals surface area contributed by atoms with Gasteiger partial charge in [0.25, 0.3) is 0 Å². The molecule has 0 aliphatic heterocycles. The van der Waals surface area contributed by atoms with Crippen LogP contribution in [0.4, 0.5) is 4.39 Å². The van der Waals surface area contributed by atoms with Gasteiger partial charge in [0.2, 0.25) is 0 Å². The summed E-state index contributed by atoms with van der Waals surface area (Å²) in [4.78, 5) is 14.4. The van der Waals surface area contributed by atoms with Gasteiger partial charge in [-0.15, -0.1) is 12.4 Å². The minimum absolute atomic E-state index is 0. The van der Waals surface area contributed by atoms with Gasteiger partial charge in [0.1, 0.15) is 11.6 Å². The molecule has 0 heterocycles. The van der Waals surface area contributed by atoms with E-state index < -0.39 is 5.41 Å². The van der Waals surface area contributed by atoms with Crippen LogP contribution in [0.25, 0.3) is 0 Å². The molecule has 2 fully saturated rings. The zero-order valence-corrected chi connectivity index (χ0v) is 17.9. The first-order valence-corrected chi connectivity index (χ1v) is 9.81. The van der Waals surface area contributed by atoms with Gasteiger partial charge in [-0.2, -0.15) is 0 Å². The largest absolute Gasteiger partial charge is 0.426 e. The van der Waals surface area contributed by atoms with E-state index in [4.69, 9.17) is 4.74 Å². The first-order valence-electron chi connectivity index (χ1n) is 9.81. The maximum absolute atomic E-state index is 14.8. The summed E-state index contributed by atoms with van der Waals surface area (Å²) < 4.78 is 20.3. The molecule has 0 amide bonds. The molecule has 5 heteroatoms. The molecular formula is C22H33ClFNO2. The third-order valence-electron chi connectivity index (χ3n) is 6.06. The van der Waals surface area contributed by atoms with E-state index >= 15 is 0 Å². The number of esters is 1. The Morgan fingerprint density at radius 3 is 2.56 bits per heavy atom. The van der Waals surface area contributed by atoms with E-state index in [-0.39, 0.29) is 30.1 Å². The average molecular weight is 398 g/mol. The Labute approximate surface area is 169 Å². The Balaban J connectivity index is 0.00000261. The molecule has 4 atom stereocenters. The van der Waals surface area contributed by atoms with E-state index in [0.717, 1.165) is 18.5 Å². The van der Waals surface area contributed by atoms with Gasteiger partial charge in [-0.1, -0.05) is 6.42 Å². The Hall–Kier alpha value is -1.13. The lowest BCUT2D eigenvalue weighted by Crippen LogP contribution is -2.35. The predicted octanol–water partition coefficient (Wildman–Crippen LogP) is 5.28. The second kappa shape index (κ2) is 8.48. The smallest absolute Gasteiger partial charge is 0.316 e. The molecule has 3 nitrogen and oxygen atoms in total. The van der Waals surface area contributed by atoms with Crippen molar-refractivity contribution in [2.45, 2.75) is 52.4 Å². The summed E-state index contributed by atoms with van der Waals surface area (Å²) in [7, 11) is 4.19. The summed E-state index contributed by atoms with van der Waals surface area (Å²) in [6.07, 6.45) is 4.86. The molecule has 2 saturated carbocycles. The number of ether oxygens (including phenoxy) is 1. The van der Waals surface area contributed by atoms with Crippen LogP contribution in [-0.2, 0) is 4.79 Å². The summed E-state index contributed by atoms with van der Waals surface area (Å²) in [5, 5.41) is 0. The Morgan fingerprint density at radius 1 is 1.22 bits per heavy atom. The highest BCUT2D eigenvalue weighted by atomic mass is 35.5. The predicted molar refractivity (Wildman–Crippen MR) is 109 cm³/mol. The van der Waals surface area contributed by atoms with Crippen LogP contribution in [0.1, 0.15) is 57.9 Å². The summed E-state index contributed by atoms with van der Waals surface area (Å²) in [6.45, 7) is 6.45. The van der Waals surface area contributed by atoms with Crippen molar-refractivity contribution < 1.29 is 13.9 Å². The Bertz CT molecular complexity index is 671. The van der Waals surface area contributed by atoms with Crippen LogP contribution in [0.5, 0.6) is 5.75 Å². The van der Waals surface area contributed by atoms with Gasteiger partial charge in [-0.05, 0) is 102 Å². The van der Waals surface area contributed by atoms with Gasteiger partial charge in [0.15, 0.2) is 0 Å². The molecule has 1 aromatic rings. The van der Waals surface area contributed by atoms with Crippen LogP contribution >= 0.6 is 12.4 Å². The maximum atomic E-state index is 14.8. The second-order valence-electron chi connectivity index (χ2n) is 9.53. The monoisotopic (exact) mass is 397 g/mol. The van der Waals surface area contributed by atoms with E-state index in [1.807, 2.05) is 20.8 Å². The molecule has 0 N–H and O–H groups in total. The third kappa shape index (κ3) is 5.03. The first-order chi connectivity index (χ1) is 12.1. The van der Waals surface area contributed by atoms with Crippen LogP contribution in [0.2, 0.25) is 0 Å². The number of halogens is 2. The number of carbonyl (C=O) groups is 1. The van der Waals surface area contributed by atoms with E-state index in [2.05, 4.69) is 19.0 Å². The molecule has 0 spiro atoms. The molecule has 4 unspecified atom stereocenters. The minimum Gasteiger partial charge on any atom is -0.426 e. The van der Waals surface area contributed by atoms with Crippen LogP contribution in [-0.4, -0.2) is 31.5 Å². The van der Waals surface area contributed by atoms with Gasteiger partial charge in [0, 0.05) is 6.54 Å². The van der Waals surface area contributed by atoms with Crippen molar-refractivity contribution in [3.05, 3.63) is 29.6 Å². The Kier molecular flexibility index (Phi) is 6.96. The number of fused-ring (bicyclic) bond motifs is 2. The molecule has 0 radical (unpaired) electrons. The molecule has 0 aromatic heterocycles. The number of carbonyl (C=O) groups excluding carboxylic acids is 1. The van der Waals surface area contributed by atoms with Crippen molar-refractivity contribution in [3.8, 4) is 5.75 Å². The minimum atomic E-state index is -0.577. The lowest BCUT2D eigenvalue weighted by Gasteiger charge is -2.39. The number of hydrogen-bond donors (Lipinski definition) is 0. The summed E-state index contributed by atoms with van der Waals surface area (Å²) in [6, 6.07) is 4.81. The fraction of sp³-hybridized carbons (Fsp3) is 0.682. The SMILES string of the molecule is CN(C)CC1C2CCC(C2)CC1c1cc(OC(=O)C(C)(C)C)ccc1F.Cl. The van der Waals surface area contributed by atoms with Crippen molar-refractivity contribution in [1.82, 2.24) is 4.90 Å². The van der Waals surface area contributed by atoms with Crippen LogP contribution < -0.4 is 4.74 Å². The number of rotatable bonds is 4. The molecule has 2 aliphatic rings. The standard InChI is InChI=1S/C22H32FNO2.ClH/c1-22(2,3)21(25)26-16-8-9-20(23)18(12-16)17-11-14-6-7-15(10-14)19(17)13-24(4)5;/h8-9,12,14-15,17,19H,6-7,10-11,13H2,1-5H3;1H. The molecule has 152 valence electrons. The highest BCUT2D eigenvalue weighted by molar-refractivity contribution is 5.85. The quantitative estimate of drug-likeness (QED) is 0.511. The topological polar surface area (TPSA) is 29.5 Å². The maximum Gasteiger partial charge on any atom is 0.316 e. The third-order valence-corrected chi connectivity index (χ3v) is 6.06. The highest BCUT2D eigenvalue weighted by Crippen LogP contribution is 2.52. The van der Waals surface area contributed by atoms with Gasteiger partial charge >= 0.3 is 5.97 Å². The molecule has 2 bridgehead atoms. The molecule has 0 saturated heterocycles. The molecule has 1 aromatic carbocycles. The lowest BCUT2D eigenvalue weighted by molar-refractivity contribution is -0.143. The van der Waals surface area contributed by atoms with Gasteiger partial charge < -0.3 is 9.64 Å². The molecular weight excluding hydrogens is 365 g/mol. The zero-order chi connectivity index (χ0) is 19.1. The fourth-order valence-corrected chi connectivity index (χ4v) is 4.76. The van der Waals surface area contributed by atoms with Crippen LogP contribution in [0.3, 0.4) is 0 Å². The zero-order valence-electron chi connectivity index (χ0n) is 17.1. The van der Waals surface area contributed by atoms with E-state index in [0.29, 0.717) is 23.5 Å². The molecule has 2 aliphatic carbocycles. The summed E-state index contributed by atoms with van der Waals surface area (Å²) in [5.41, 5.74) is 0.152. The number of benzene rings is 1. The number of nitrogens with zero attached hydrogens (tertiary/aromatic N) is 1. The van der Waals surface area contributed by atoms with Crippen molar-refractivity contribution in [2.75, 3.05) is 20.6 Å². The van der Waals surface area contributed by atoms with Crippen molar-refractivity contribution >= 4 is 18.4 Å². The highest BCUT2D eigenvalue weighted by Gasteiger charge is 2.43. The number of hydrogen-bond acceptors (Lipinski definition) is 3. The van der Waals surface area contributed by atoms with E-state index in [1.54, 1.807) is 12.1 Å². The van der Waals surface area contributed by atoms with E-state index in [9.17, 15) is 9.18 Å². The van der Waals surface area contributed by atoms with Gasteiger partial charge in [-0.25, -0.2) is 4.39 Å². The molecule has 27 heavy (non-hydrogen) atoms. The van der Waals surface area contributed by atoms with E-state index in [1.165, 1.54) is 25.3 Å².